The number of aromatic nitrogens is 2. The Morgan fingerprint density at radius 1 is 1.39 bits per heavy atom. The minimum absolute atomic E-state index is 0.231. The summed E-state index contributed by atoms with van der Waals surface area (Å²) in [5.74, 6) is 0.679. The summed E-state index contributed by atoms with van der Waals surface area (Å²) < 4.78 is 7.12. The van der Waals surface area contributed by atoms with E-state index in [9.17, 15) is 15.0 Å². The molecule has 0 aliphatic rings. The van der Waals surface area contributed by atoms with Crippen molar-refractivity contribution in [3.8, 4) is 0 Å². The van der Waals surface area contributed by atoms with Crippen molar-refractivity contribution in [3.05, 3.63) is 29.6 Å². The van der Waals surface area contributed by atoms with Gasteiger partial charge in [0.1, 0.15) is 11.4 Å². The topological polar surface area (TPSA) is 96.6 Å². The molecule has 23 heavy (non-hydrogen) atoms. The molecule has 1 aromatic carbocycles. The van der Waals surface area contributed by atoms with Crippen LogP contribution in [0.3, 0.4) is 0 Å². The number of rotatable bonds is 4. The number of aliphatic hydroxyl groups is 2. The summed E-state index contributed by atoms with van der Waals surface area (Å²) in [7, 11) is 0. The molecule has 2 aromatic rings. The number of aryl methyl sites for hydroxylation is 1. The van der Waals surface area contributed by atoms with Crippen LogP contribution in [0.15, 0.2) is 18.2 Å². The fourth-order valence-electron chi connectivity index (χ4n) is 2.30. The molecule has 1 aromatic heterocycles. The predicted molar refractivity (Wildman–Crippen MR) is 85.7 cm³/mol. The van der Waals surface area contributed by atoms with Crippen LogP contribution < -0.4 is 5.32 Å². The lowest BCUT2D eigenvalue weighted by molar-refractivity contribution is -0.0424. The zero-order valence-corrected chi connectivity index (χ0v) is 13.8. The number of alkyl carbamates (subject to hydrolysis) is 1. The molecule has 0 aliphatic carbocycles. The number of amides is 1. The van der Waals surface area contributed by atoms with Crippen LogP contribution in [0.2, 0.25) is 0 Å². The number of imidazole rings is 1. The standard InChI is InChI=1S/C16H23N3O4/c1-5-19-12-8-10(14(20)21)6-7-11(12)18-13(19)9-17-15(22)23-16(2,3)4/h6-8,14,20-21H,5,9H2,1-4H3,(H,17,22). The fraction of sp³-hybridized carbons (Fsp3) is 0.500. The number of aliphatic hydroxyl groups excluding tert-OH is 1. The molecule has 0 bridgehead atoms. The highest BCUT2D eigenvalue weighted by Crippen LogP contribution is 2.21. The SMILES string of the molecule is CCn1c(CNC(=O)OC(C)(C)C)nc2ccc(C(O)O)cc21. The average Bonchev–Trinajstić information content (AvgIpc) is 2.79. The van der Waals surface area contributed by atoms with Crippen LogP contribution in [-0.2, 0) is 17.8 Å². The molecule has 7 heteroatoms. The zero-order chi connectivity index (χ0) is 17.2. The maximum Gasteiger partial charge on any atom is 0.408 e. The summed E-state index contributed by atoms with van der Waals surface area (Å²) in [5.41, 5.74) is 1.37. The van der Waals surface area contributed by atoms with E-state index in [0.717, 1.165) is 11.0 Å². The van der Waals surface area contributed by atoms with Gasteiger partial charge in [0.25, 0.3) is 0 Å². The summed E-state index contributed by atoms with van der Waals surface area (Å²) >= 11 is 0. The normalized spacial score (nSPS) is 12.0. The summed E-state index contributed by atoms with van der Waals surface area (Å²) in [6.45, 7) is 8.24. The van der Waals surface area contributed by atoms with Crippen LogP contribution in [0.5, 0.6) is 0 Å². The maximum absolute atomic E-state index is 11.8. The Kier molecular flexibility index (Phi) is 4.91. The van der Waals surface area contributed by atoms with Crippen LogP contribution in [0.4, 0.5) is 4.79 Å². The van der Waals surface area contributed by atoms with Crippen molar-refractivity contribution in [1.29, 1.82) is 0 Å². The zero-order valence-electron chi connectivity index (χ0n) is 13.8. The van der Waals surface area contributed by atoms with E-state index in [4.69, 9.17) is 4.74 Å². The van der Waals surface area contributed by atoms with Gasteiger partial charge in [-0.25, -0.2) is 9.78 Å². The molecule has 0 saturated heterocycles. The molecule has 0 atom stereocenters. The second-order valence-electron chi connectivity index (χ2n) is 6.25. The third-order valence-electron chi connectivity index (χ3n) is 3.26. The third kappa shape index (κ3) is 4.20. The van der Waals surface area contributed by atoms with Gasteiger partial charge >= 0.3 is 6.09 Å². The van der Waals surface area contributed by atoms with E-state index in [1.165, 1.54) is 0 Å². The number of carbonyl (C=O) groups is 1. The lowest BCUT2D eigenvalue weighted by atomic mass is 10.2. The van der Waals surface area contributed by atoms with Crippen molar-refractivity contribution in [3.63, 3.8) is 0 Å². The number of nitrogens with one attached hydrogen (secondary N) is 1. The molecule has 0 aliphatic heterocycles. The van der Waals surface area contributed by atoms with Crippen molar-refractivity contribution < 1.29 is 19.7 Å². The molecule has 3 N–H and O–H groups in total. The predicted octanol–water partition coefficient (Wildman–Crippen LogP) is 2.06. The Bertz CT molecular complexity index is 701. The number of fused-ring (bicyclic) bond motifs is 1. The number of ether oxygens (including phenoxy) is 1. The van der Waals surface area contributed by atoms with Gasteiger partial charge in [0.05, 0.1) is 17.6 Å². The van der Waals surface area contributed by atoms with E-state index < -0.39 is 18.0 Å². The molecule has 1 amide bonds. The summed E-state index contributed by atoms with van der Waals surface area (Å²) in [5, 5.41) is 21.3. The molecule has 0 radical (unpaired) electrons. The van der Waals surface area contributed by atoms with Crippen molar-refractivity contribution >= 4 is 17.1 Å². The first-order valence-electron chi connectivity index (χ1n) is 7.53. The summed E-state index contributed by atoms with van der Waals surface area (Å²) in [6.07, 6.45) is -2.03. The van der Waals surface area contributed by atoms with Gasteiger partial charge in [-0.15, -0.1) is 0 Å². The van der Waals surface area contributed by atoms with E-state index in [2.05, 4.69) is 10.3 Å². The van der Waals surface area contributed by atoms with E-state index in [-0.39, 0.29) is 6.54 Å². The maximum atomic E-state index is 11.8. The monoisotopic (exact) mass is 321 g/mol. The van der Waals surface area contributed by atoms with Gasteiger partial charge in [-0.2, -0.15) is 0 Å². The number of carbonyl (C=O) groups excluding carboxylic acids is 1. The average molecular weight is 321 g/mol. The van der Waals surface area contributed by atoms with Gasteiger partial charge in [0, 0.05) is 12.1 Å². The molecule has 126 valence electrons. The minimum Gasteiger partial charge on any atom is -0.444 e. The van der Waals surface area contributed by atoms with Crippen LogP contribution in [-0.4, -0.2) is 31.5 Å². The lowest BCUT2D eigenvalue weighted by Crippen LogP contribution is -2.32. The Labute approximate surface area is 134 Å². The van der Waals surface area contributed by atoms with Crippen molar-refractivity contribution in [1.82, 2.24) is 14.9 Å². The Hall–Kier alpha value is -2.12. The number of hydrogen-bond acceptors (Lipinski definition) is 5. The number of hydrogen-bond donors (Lipinski definition) is 3. The highest BCUT2D eigenvalue weighted by molar-refractivity contribution is 5.77. The second-order valence-corrected chi connectivity index (χ2v) is 6.25. The molecular formula is C16H23N3O4. The molecule has 0 saturated carbocycles. The molecular weight excluding hydrogens is 298 g/mol. The Balaban J connectivity index is 2.22. The van der Waals surface area contributed by atoms with Crippen molar-refractivity contribution in [2.45, 2.75) is 52.7 Å². The molecule has 7 nitrogen and oxygen atoms in total. The minimum atomic E-state index is -1.53. The molecule has 0 fully saturated rings. The van der Waals surface area contributed by atoms with Gasteiger partial charge in [0.15, 0.2) is 6.29 Å². The third-order valence-corrected chi connectivity index (χ3v) is 3.26. The van der Waals surface area contributed by atoms with Crippen LogP contribution >= 0.6 is 0 Å². The van der Waals surface area contributed by atoms with E-state index >= 15 is 0 Å². The number of benzene rings is 1. The van der Waals surface area contributed by atoms with Gasteiger partial charge < -0.3 is 24.8 Å². The fourth-order valence-corrected chi connectivity index (χ4v) is 2.30. The van der Waals surface area contributed by atoms with E-state index in [1.807, 2.05) is 11.5 Å². The second kappa shape index (κ2) is 6.55. The van der Waals surface area contributed by atoms with Crippen LogP contribution in [0, 0.1) is 0 Å². The highest BCUT2D eigenvalue weighted by atomic mass is 16.6. The first-order valence-corrected chi connectivity index (χ1v) is 7.53. The first kappa shape index (κ1) is 17.2. The van der Waals surface area contributed by atoms with Gasteiger partial charge in [0.2, 0.25) is 0 Å². The Morgan fingerprint density at radius 2 is 2.09 bits per heavy atom. The first-order chi connectivity index (χ1) is 10.7. The van der Waals surface area contributed by atoms with Crippen LogP contribution in [0.1, 0.15) is 45.4 Å². The smallest absolute Gasteiger partial charge is 0.408 e. The van der Waals surface area contributed by atoms with Crippen LogP contribution in [0.25, 0.3) is 11.0 Å². The van der Waals surface area contributed by atoms with Gasteiger partial charge in [-0.05, 0) is 39.8 Å². The molecule has 0 spiro atoms. The lowest BCUT2D eigenvalue weighted by Gasteiger charge is -2.19. The quantitative estimate of drug-likeness (QED) is 0.749. The van der Waals surface area contributed by atoms with E-state index in [1.54, 1.807) is 39.0 Å². The molecule has 0 unspecified atom stereocenters. The summed E-state index contributed by atoms with van der Waals surface area (Å²) in [4.78, 5) is 16.2. The number of nitrogens with zero attached hydrogens (tertiary/aromatic N) is 2. The van der Waals surface area contributed by atoms with Gasteiger partial charge in [-0.3, -0.25) is 0 Å². The van der Waals surface area contributed by atoms with E-state index in [0.29, 0.717) is 17.9 Å². The van der Waals surface area contributed by atoms with Crippen molar-refractivity contribution in [2.75, 3.05) is 0 Å². The molecule has 1 heterocycles. The largest absolute Gasteiger partial charge is 0.444 e. The molecule has 2 rings (SSSR count). The van der Waals surface area contributed by atoms with Gasteiger partial charge in [-0.1, -0.05) is 6.07 Å². The highest BCUT2D eigenvalue weighted by Gasteiger charge is 2.17. The summed E-state index contributed by atoms with van der Waals surface area (Å²) in [6, 6.07) is 5.03. The Morgan fingerprint density at radius 3 is 2.65 bits per heavy atom. The van der Waals surface area contributed by atoms with Crippen molar-refractivity contribution in [2.24, 2.45) is 0 Å².